The highest BCUT2D eigenvalue weighted by Crippen LogP contribution is 2.39. The van der Waals surface area contributed by atoms with Crippen molar-refractivity contribution in [3.8, 4) is 5.75 Å². The normalized spacial score (nSPS) is 17.7. The fourth-order valence-electron chi connectivity index (χ4n) is 3.35. The van der Waals surface area contributed by atoms with Gasteiger partial charge >= 0.3 is 0 Å². The summed E-state index contributed by atoms with van der Waals surface area (Å²) in [6, 6.07) is 6.84. The van der Waals surface area contributed by atoms with Crippen molar-refractivity contribution in [3.63, 3.8) is 0 Å². The van der Waals surface area contributed by atoms with Crippen molar-refractivity contribution in [1.29, 1.82) is 0 Å². The molecular weight excluding hydrogens is 326 g/mol. The first kappa shape index (κ1) is 16.8. The summed E-state index contributed by atoms with van der Waals surface area (Å²) in [5.74, 6) is 1.78. The maximum Gasteiger partial charge on any atom is 0.124 e. The predicted octanol–water partition coefficient (Wildman–Crippen LogP) is 5.47. The third-order valence-corrected chi connectivity index (χ3v) is 4.84. The molecule has 0 amide bonds. The zero-order valence-corrected chi connectivity index (χ0v) is 14.9. The molecule has 1 aliphatic carbocycles. The van der Waals surface area contributed by atoms with Crippen LogP contribution in [0.4, 0.5) is 0 Å². The first-order valence-electron chi connectivity index (χ1n) is 8.41. The SMILES string of the molecule is CCCNC(c1cc(Br)ccc1OCC)C1CCCCC1. The van der Waals surface area contributed by atoms with Crippen molar-refractivity contribution in [2.45, 2.75) is 58.4 Å². The summed E-state index contributed by atoms with van der Waals surface area (Å²) in [6.45, 7) is 6.08. The molecule has 0 spiro atoms. The fourth-order valence-corrected chi connectivity index (χ4v) is 3.73. The molecule has 21 heavy (non-hydrogen) atoms. The molecule has 0 aliphatic heterocycles. The molecule has 1 saturated carbocycles. The van der Waals surface area contributed by atoms with E-state index in [0.717, 1.165) is 29.3 Å². The number of halogens is 1. The molecule has 1 aromatic carbocycles. The summed E-state index contributed by atoms with van der Waals surface area (Å²) in [5.41, 5.74) is 1.33. The molecule has 1 fully saturated rings. The maximum absolute atomic E-state index is 5.88. The van der Waals surface area contributed by atoms with Gasteiger partial charge in [0, 0.05) is 16.1 Å². The van der Waals surface area contributed by atoms with Crippen LogP contribution in [0.1, 0.15) is 64.0 Å². The Morgan fingerprint density at radius 1 is 1.24 bits per heavy atom. The Hall–Kier alpha value is -0.540. The average Bonchev–Trinajstić information content (AvgIpc) is 2.51. The van der Waals surface area contributed by atoms with E-state index in [1.165, 1.54) is 44.1 Å². The van der Waals surface area contributed by atoms with Gasteiger partial charge in [-0.05, 0) is 56.8 Å². The van der Waals surface area contributed by atoms with E-state index in [2.05, 4.69) is 53.3 Å². The van der Waals surface area contributed by atoms with Crippen molar-refractivity contribution in [3.05, 3.63) is 28.2 Å². The van der Waals surface area contributed by atoms with Crippen LogP contribution < -0.4 is 10.1 Å². The van der Waals surface area contributed by atoms with Crippen LogP contribution in [0.2, 0.25) is 0 Å². The number of rotatable bonds is 7. The molecule has 0 radical (unpaired) electrons. The molecule has 1 aromatic rings. The molecule has 2 nitrogen and oxygen atoms in total. The molecule has 2 rings (SSSR count). The van der Waals surface area contributed by atoms with E-state index in [1.54, 1.807) is 0 Å². The summed E-state index contributed by atoms with van der Waals surface area (Å²) >= 11 is 3.62. The number of hydrogen-bond acceptors (Lipinski definition) is 2. The van der Waals surface area contributed by atoms with E-state index in [1.807, 2.05) is 0 Å². The third-order valence-electron chi connectivity index (χ3n) is 4.34. The number of benzene rings is 1. The Morgan fingerprint density at radius 2 is 2.00 bits per heavy atom. The van der Waals surface area contributed by atoms with Gasteiger partial charge in [0.2, 0.25) is 0 Å². The predicted molar refractivity (Wildman–Crippen MR) is 92.9 cm³/mol. The molecule has 1 unspecified atom stereocenters. The van der Waals surface area contributed by atoms with Gasteiger partial charge in [0.1, 0.15) is 5.75 Å². The van der Waals surface area contributed by atoms with Crippen LogP contribution >= 0.6 is 15.9 Å². The Morgan fingerprint density at radius 3 is 2.67 bits per heavy atom. The van der Waals surface area contributed by atoms with Gasteiger partial charge in [-0.25, -0.2) is 0 Å². The summed E-state index contributed by atoms with van der Waals surface area (Å²) in [6.07, 6.45) is 7.97. The van der Waals surface area contributed by atoms with Crippen LogP contribution in [0, 0.1) is 5.92 Å². The monoisotopic (exact) mass is 353 g/mol. The smallest absolute Gasteiger partial charge is 0.124 e. The molecule has 118 valence electrons. The Labute approximate surface area is 137 Å². The Balaban J connectivity index is 2.27. The van der Waals surface area contributed by atoms with Crippen LogP contribution in [0.3, 0.4) is 0 Å². The quantitative estimate of drug-likeness (QED) is 0.701. The zero-order valence-electron chi connectivity index (χ0n) is 13.3. The Bertz CT molecular complexity index is 429. The van der Waals surface area contributed by atoms with E-state index in [4.69, 9.17) is 4.74 Å². The molecular formula is C18H28BrNO. The number of ether oxygens (including phenoxy) is 1. The summed E-state index contributed by atoms with van der Waals surface area (Å²) in [7, 11) is 0. The zero-order chi connectivity index (χ0) is 15.1. The van der Waals surface area contributed by atoms with Crippen molar-refractivity contribution in [1.82, 2.24) is 5.32 Å². The minimum absolute atomic E-state index is 0.421. The van der Waals surface area contributed by atoms with Crippen LogP contribution in [0.5, 0.6) is 5.75 Å². The van der Waals surface area contributed by atoms with E-state index in [-0.39, 0.29) is 0 Å². The highest BCUT2D eigenvalue weighted by molar-refractivity contribution is 9.10. The van der Waals surface area contributed by atoms with Crippen LogP contribution in [0.25, 0.3) is 0 Å². The molecule has 1 N–H and O–H groups in total. The second-order valence-corrected chi connectivity index (χ2v) is 6.86. The second-order valence-electron chi connectivity index (χ2n) is 5.95. The van der Waals surface area contributed by atoms with E-state index < -0.39 is 0 Å². The first-order chi connectivity index (χ1) is 10.3. The van der Waals surface area contributed by atoms with E-state index in [0.29, 0.717) is 6.04 Å². The van der Waals surface area contributed by atoms with Crippen LogP contribution in [-0.2, 0) is 0 Å². The molecule has 0 saturated heterocycles. The largest absolute Gasteiger partial charge is 0.494 e. The standard InChI is InChI=1S/C18H28BrNO/c1-3-12-20-18(14-8-6-5-7-9-14)16-13-15(19)10-11-17(16)21-4-2/h10-11,13-14,18,20H,3-9,12H2,1-2H3. The van der Waals surface area contributed by atoms with E-state index in [9.17, 15) is 0 Å². The lowest BCUT2D eigenvalue weighted by molar-refractivity contribution is 0.261. The summed E-state index contributed by atoms with van der Waals surface area (Å²) < 4.78 is 7.02. The molecule has 1 aliphatic rings. The van der Waals surface area contributed by atoms with Gasteiger partial charge in [-0.15, -0.1) is 0 Å². The fraction of sp³-hybridized carbons (Fsp3) is 0.667. The van der Waals surface area contributed by atoms with Crippen molar-refractivity contribution in [2.24, 2.45) is 5.92 Å². The highest BCUT2D eigenvalue weighted by Gasteiger charge is 2.27. The van der Waals surface area contributed by atoms with Crippen molar-refractivity contribution in [2.75, 3.05) is 13.2 Å². The van der Waals surface area contributed by atoms with Gasteiger partial charge in [-0.3, -0.25) is 0 Å². The van der Waals surface area contributed by atoms with Gasteiger partial charge < -0.3 is 10.1 Å². The minimum atomic E-state index is 0.421. The molecule has 3 heteroatoms. The molecule has 0 aromatic heterocycles. The van der Waals surface area contributed by atoms with Gasteiger partial charge in [0.15, 0.2) is 0 Å². The lowest BCUT2D eigenvalue weighted by Crippen LogP contribution is -2.30. The van der Waals surface area contributed by atoms with Gasteiger partial charge in [0.05, 0.1) is 6.61 Å². The summed E-state index contributed by atoms with van der Waals surface area (Å²) in [4.78, 5) is 0. The lowest BCUT2D eigenvalue weighted by Gasteiger charge is -2.32. The van der Waals surface area contributed by atoms with Crippen LogP contribution in [-0.4, -0.2) is 13.2 Å². The van der Waals surface area contributed by atoms with Gasteiger partial charge in [-0.2, -0.15) is 0 Å². The van der Waals surface area contributed by atoms with E-state index >= 15 is 0 Å². The first-order valence-corrected chi connectivity index (χ1v) is 9.21. The Kier molecular flexibility index (Phi) is 7.05. The summed E-state index contributed by atoms with van der Waals surface area (Å²) in [5, 5.41) is 3.78. The maximum atomic E-state index is 5.88. The molecule has 0 heterocycles. The minimum Gasteiger partial charge on any atom is -0.494 e. The van der Waals surface area contributed by atoms with Crippen molar-refractivity contribution < 1.29 is 4.74 Å². The number of nitrogens with one attached hydrogen (secondary N) is 1. The molecule has 0 bridgehead atoms. The topological polar surface area (TPSA) is 21.3 Å². The average molecular weight is 354 g/mol. The van der Waals surface area contributed by atoms with Gasteiger partial charge in [0.25, 0.3) is 0 Å². The van der Waals surface area contributed by atoms with Gasteiger partial charge in [-0.1, -0.05) is 42.1 Å². The second kappa shape index (κ2) is 8.79. The third kappa shape index (κ3) is 4.72. The highest BCUT2D eigenvalue weighted by atomic mass is 79.9. The lowest BCUT2D eigenvalue weighted by atomic mass is 9.81. The van der Waals surface area contributed by atoms with Crippen molar-refractivity contribution >= 4 is 15.9 Å². The number of hydrogen-bond donors (Lipinski definition) is 1. The van der Waals surface area contributed by atoms with Crippen LogP contribution in [0.15, 0.2) is 22.7 Å². The molecule has 1 atom stereocenters.